The van der Waals surface area contributed by atoms with E-state index in [4.69, 9.17) is 0 Å². The third-order valence-corrected chi connectivity index (χ3v) is 3.66. The summed E-state index contributed by atoms with van der Waals surface area (Å²) in [4.78, 5) is 0. The second-order valence-electron chi connectivity index (χ2n) is 4.91. The van der Waals surface area contributed by atoms with Crippen molar-refractivity contribution in [1.29, 1.82) is 0 Å². The maximum Gasteiger partial charge on any atom is 0.164 e. The molecular weight excluding hydrogens is 243 g/mol. The molecule has 100 valence electrons. The summed E-state index contributed by atoms with van der Waals surface area (Å²) in [6.07, 6.45) is 0.973. The van der Waals surface area contributed by atoms with Gasteiger partial charge in [-0.2, -0.15) is 0 Å². The number of hydrogen-bond donors (Lipinski definition) is 1. The summed E-state index contributed by atoms with van der Waals surface area (Å²) in [6, 6.07) is 5.46. The van der Waals surface area contributed by atoms with E-state index in [2.05, 4.69) is 27.0 Å². The van der Waals surface area contributed by atoms with Crippen LogP contribution in [0.25, 0.3) is 11.4 Å². The largest absolute Gasteiger partial charge is 0.308 e. The maximum atomic E-state index is 13.7. The molecule has 0 spiro atoms. The Morgan fingerprint density at radius 1 is 1.42 bits per heavy atom. The van der Waals surface area contributed by atoms with Gasteiger partial charge in [0.2, 0.25) is 0 Å². The molecule has 0 fully saturated rings. The van der Waals surface area contributed by atoms with E-state index in [0.717, 1.165) is 36.7 Å². The van der Waals surface area contributed by atoms with Crippen LogP contribution in [-0.2, 0) is 6.54 Å². The molecule has 1 atom stereocenters. The number of rotatable bonds is 2. The molecule has 0 saturated carbocycles. The van der Waals surface area contributed by atoms with Crippen molar-refractivity contribution in [3.63, 3.8) is 0 Å². The summed E-state index contributed by atoms with van der Waals surface area (Å²) < 4.78 is 15.8. The fourth-order valence-electron chi connectivity index (χ4n) is 2.51. The summed E-state index contributed by atoms with van der Waals surface area (Å²) >= 11 is 0. The Bertz CT molecular complexity index is 605. The van der Waals surface area contributed by atoms with E-state index in [-0.39, 0.29) is 11.9 Å². The van der Waals surface area contributed by atoms with Crippen molar-refractivity contribution in [3.8, 4) is 11.4 Å². The highest BCUT2D eigenvalue weighted by molar-refractivity contribution is 5.56. The van der Waals surface area contributed by atoms with Crippen molar-refractivity contribution < 1.29 is 4.39 Å². The number of halogens is 1. The highest BCUT2D eigenvalue weighted by Gasteiger charge is 2.24. The first-order valence-electron chi connectivity index (χ1n) is 6.63. The average Bonchev–Trinajstić information content (AvgIpc) is 2.85. The SMILES string of the molecule is CCC1NCCn2c(-c3ccc(C)c(F)c3)nnc21. The Morgan fingerprint density at radius 2 is 2.26 bits per heavy atom. The highest BCUT2D eigenvalue weighted by atomic mass is 19.1. The Morgan fingerprint density at radius 3 is 3.00 bits per heavy atom. The van der Waals surface area contributed by atoms with Crippen LogP contribution in [0.3, 0.4) is 0 Å². The number of aromatic nitrogens is 3. The maximum absolute atomic E-state index is 13.7. The number of benzene rings is 1. The topological polar surface area (TPSA) is 42.7 Å². The Hall–Kier alpha value is -1.75. The van der Waals surface area contributed by atoms with Gasteiger partial charge in [-0.3, -0.25) is 0 Å². The van der Waals surface area contributed by atoms with Crippen molar-refractivity contribution in [3.05, 3.63) is 35.4 Å². The van der Waals surface area contributed by atoms with Gasteiger partial charge in [-0.1, -0.05) is 19.1 Å². The molecule has 0 saturated heterocycles. The van der Waals surface area contributed by atoms with Gasteiger partial charge >= 0.3 is 0 Å². The molecule has 1 unspecified atom stereocenters. The predicted octanol–water partition coefficient (Wildman–Crippen LogP) is 2.45. The van der Waals surface area contributed by atoms with Crippen LogP contribution in [-0.4, -0.2) is 21.3 Å². The van der Waals surface area contributed by atoms with Gasteiger partial charge in [0.05, 0.1) is 6.04 Å². The summed E-state index contributed by atoms with van der Waals surface area (Å²) in [5.41, 5.74) is 1.44. The molecule has 0 bridgehead atoms. The van der Waals surface area contributed by atoms with E-state index in [1.165, 1.54) is 6.07 Å². The summed E-state index contributed by atoms with van der Waals surface area (Å²) in [6.45, 7) is 5.59. The van der Waals surface area contributed by atoms with Gasteiger partial charge in [-0.15, -0.1) is 10.2 Å². The molecule has 1 N–H and O–H groups in total. The first kappa shape index (κ1) is 12.3. The molecule has 1 aromatic carbocycles. The van der Waals surface area contributed by atoms with Crippen LogP contribution in [0.15, 0.2) is 18.2 Å². The van der Waals surface area contributed by atoms with Crippen LogP contribution in [0.4, 0.5) is 4.39 Å². The van der Waals surface area contributed by atoms with Crippen molar-refractivity contribution in [1.82, 2.24) is 20.1 Å². The molecule has 2 heterocycles. The molecule has 19 heavy (non-hydrogen) atoms. The van der Waals surface area contributed by atoms with E-state index < -0.39 is 0 Å². The lowest BCUT2D eigenvalue weighted by atomic mass is 10.1. The van der Waals surface area contributed by atoms with Crippen molar-refractivity contribution in [2.75, 3.05) is 6.54 Å². The van der Waals surface area contributed by atoms with E-state index in [1.807, 2.05) is 6.07 Å². The molecule has 1 aliphatic rings. The quantitative estimate of drug-likeness (QED) is 0.902. The van der Waals surface area contributed by atoms with E-state index in [1.54, 1.807) is 13.0 Å². The molecule has 3 rings (SSSR count). The van der Waals surface area contributed by atoms with Crippen LogP contribution in [0, 0.1) is 12.7 Å². The normalized spacial score (nSPS) is 18.4. The number of nitrogens with zero attached hydrogens (tertiary/aromatic N) is 3. The van der Waals surface area contributed by atoms with Crippen LogP contribution >= 0.6 is 0 Å². The first-order valence-corrected chi connectivity index (χ1v) is 6.63. The van der Waals surface area contributed by atoms with Gasteiger partial charge in [0, 0.05) is 18.7 Å². The molecule has 1 aliphatic heterocycles. The molecule has 5 heteroatoms. The van der Waals surface area contributed by atoms with Crippen molar-refractivity contribution >= 4 is 0 Å². The van der Waals surface area contributed by atoms with E-state index >= 15 is 0 Å². The van der Waals surface area contributed by atoms with Gasteiger partial charge in [-0.05, 0) is 25.0 Å². The fraction of sp³-hybridized carbons (Fsp3) is 0.429. The number of aryl methyl sites for hydroxylation is 1. The predicted molar refractivity (Wildman–Crippen MR) is 71.2 cm³/mol. The molecular formula is C14H17FN4. The zero-order valence-corrected chi connectivity index (χ0v) is 11.2. The van der Waals surface area contributed by atoms with E-state index in [0.29, 0.717) is 5.56 Å². The lowest BCUT2D eigenvalue weighted by Gasteiger charge is -2.24. The van der Waals surface area contributed by atoms with Gasteiger partial charge in [0.15, 0.2) is 11.6 Å². The van der Waals surface area contributed by atoms with Crippen LogP contribution in [0.5, 0.6) is 0 Å². The minimum atomic E-state index is -0.198. The monoisotopic (exact) mass is 260 g/mol. The molecule has 2 aromatic rings. The van der Waals surface area contributed by atoms with Gasteiger partial charge < -0.3 is 9.88 Å². The first-order chi connectivity index (χ1) is 9.20. The van der Waals surface area contributed by atoms with Gasteiger partial charge in [0.1, 0.15) is 5.82 Å². The van der Waals surface area contributed by atoms with Gasteiger partial charge in [0.25, 0.3) is 0 Å². The molecule has 0 amide bonds. The third-order valence-electron chi connectivity index (χ3n) is 3.66. The lowest BCUT2D eigenvalue weighted by molar-refractivity contribution is 0.407. The zero-order valence-electron chi connectivity index (χ0n) is 11.2. The zero-order chi connectivity index (χ0) is 13.4. The molecule has 0 radical (unpaired) electrons. The molecule has 1 aromatic heterocycles. The van der Waals surface area contributed by atoms with Gasteiger partial charge in [-0.25, -0.2) is 4.39 Å². The smallest absolute Gasteiger partial charge is 0.164 e. The van der Waals surface area contributed by atoms with Crippen LogP contribution in [0.2, 0.25) is 0 Å². The Balaban J connectivity index is 2.06. The van der Waals surface area contributed by atoms with Crippen LogP contribution in [0.1, 0.15) is 30.8 Å². The van der Waals surface area contributed by atoms with Crippen molar-refractivity contribution in [2.45, 2.75) is 32.9 Å². The summed E-state index contributed by atoms with van der Waals surface area (Å²) in [5.74, 6) is 1.51. The van der Waals surface area contributed by atoms with E-state index in [9.17, 15) is 4.39 Å². The second-order valence-corrected chi connectivity index (χ2v) is 4.91. The number of fused-ring (bicyclic) bond motifs is 1. The van der Waals surface area contributed by atoms with Crippen LogP contribution < -0.4 is 5.32 Å². The highest BCUT2D eigenvalue weighted by Crippen LogP contribution is 2.26. The van der Waals surface area contributed by atoms with Crippen molar-refractivity contribution in [2.24, 2.45) is 0 Å². The minimum absolute atomic E-state index is 0.198. The average molecular weight is 260 g/mol. The second kappa shape index (κ2) is 4.74. The number of hydrogen-bond acceptors (Lipinski definition) is 3. The molecule has 0 aliphatic carbocycles. The third kappa shape index (κ3) is 2.04. The molecule has 4 nitrogen and oxygen atoms in total. The lowest BCUT2D eigenvalue weighted by Crippen LogP contribution is -2.33. The Kier molecular flexibility index (Phi) is 3.06. The summed E-state index contributed by atoms with van der Waals surface area (Å²) in [5, 5.41) is 11.9. The minimum Gasteiger partial charge on any atom is -0.308 e. The standard InChI is InChI=1S/C14H17FN4/c1-3-12-14-18-17-13(19(14)7-6-16-12)10-5-4-9(2)11(15)8-10/h4-5,8,12,16H,3,6-7H2,1-2H3. The summed E-state index contributed by atoms with van der Waals surface area (Å²) in [7, 11) is 0. The Labute approximate surface area is 111 Å². The fourth-order valence-corrected chi connectivity index (χ4v) is 2.51. The number of nitrogens with one attached hydrogen (secondary N) is 1.